The topological polar surface area (TPSA) is 61.4 Å². The van der Waals surface area contributed by atoms with Crippen LogP contribution in [0.4, 0.5) is 11.4 Å². The molecule has 0 heterocycles. The van der Waals surface area contributed by atoms with E-state index in [1.165, 1.54) is 5.56 Å². The van der Waals surface area contributed by atoms with Crippen LogP contribution in [0.5, 0.6) is 0 Å². The third kappa shape index (κ3) is 6.28. The molecule has 26 heavy (non-hydrogen) atoms. The van der Waals surface area contributed by atoms with Gasteiger partial charge in [-0.25, -0.2) is 0 Å². The van der Waals surface area contributed by atoms with Crippen LogP contribution in [0.15, 0.2) is 53.0 Å². The molecule has 6 heteroatoms. The number of para-hydroxylation sites is 1. The second kappa shape index (κ2) is 9.50. The molecular formula is C20H24BrN3O2. The van der Waals surface area contributed by atoms with Crippen molar-refractivity contribution >= 4 is 39.1 Å². The Balaban J connectivity index is 1.81. The number of rotatable bonds is 7. The zero-order valence-corrected chi connectivity index (χ0v) is 16.8. The third-order valence-corrected chi connectivity index (χ3v) is 4.53. The first-order valence-corrected chi connectivity index (χ1v) is 9.27. The molecule has 138 valence electrons. The molecule has 2 aromatic carbocycles. The molecular weight excluding hydrogens is 394 g/mol. The molecule has 0 saturated heterocycles. The first kappa shape index (κ1) is 20.1. The summed E-state index contributed by atoms with van der Waals surface area (Å²) in [5.41, 5.74) is 2.69. The summed E-state index contributed by atoms with van der Waals surface area (Å²) in [6.07, 6.45) is 0. The largest absolute Gasteiger partial charge is 0.325 e. The van der Waals surface area contributed by atoms with Crippen molar-refractivity contribution in [2.45, 2.75) is 19.8 Å². The van der Waals surface area contributed by atoms with Crippen LogP contribution in [0.25, 0.3) is 0 Å². The lowest BCUT2D eigenvalue weighted by atomic mass is 10.0. The number of hydrogen-bond donors (Lipinski definition) is 2. The molecule has 2 aromatic rings. The summed E-state index contributed by atoms with van der Waals surface area (Å²) in [6, 6.07) is 15.2. The predicted octanol–water partition coefficient (Wildman–Crippen LogP) is 4.08. The lowest BCUT2D eigenvalue weighted by Crippen LogP contribution is -2.36. The van der Waals surface area contributed by atoms with Crippen LogP contribution in [0, 0.1) is 0 Å². The van der Waals surface area contributed by atoms with Crippen molar-refractivity contribution in [1.82, 2.24) is 4.90 Å². The van der Waals surface area contributed by atoms with E-state index in [9.17, 15) is 9.59 Å². The highest BCUT2D eigenvalue weighted by Crippen LogP contribution is 2.21. The van der Waals surface area contributed by atoms with Crippen LogP contribution in [-0.2, 0) is 9.59 Å². The van der Waals surface area contributed by atoms with Gasteiger partial charge in [-0.3, -0.25) is 14.5 Å². The average Bonchev–Trinajstić information content (AvgIpc) is 2.57. The Morgan fingerprint density at radius 1 is 0.962 bits per heavy atom. The van der Waals surface area contributed by atoms with Gasteiger partial charge >= 0.3 is 0 Å². The van der Waals surface area contributed by atoms with Crippen molar-refractivity contribution in [2.24, 2.45) is 0 Å². The van der Waals surface area contributed by atoms with Crippen LogP contribution >= 0.6 is 15.9 Å². The highest BCUT2D eigenvalue weighted by Gasteiger charge is 2.12. The van der Waals surface area contributed by atoms with Gasteiger partial charge in [0.2, 0.25) is 11.8 Å². The minimum absolute atomic E-state index is 0.126. The van der Waals surface area contributed by atoms with E-state index >= 15 is 0 Å². The number of amides is 2. The quantitative estimate of drug-likeness (QED) is 0.713. The van der Waals surface area contributed by atoms with E-state index in [2.05, 4.69) is 40.4 Å². The van der Waals surface area contributed by atoms with Gasteiger partial charge in [-0.15, -0.1) is 0 Å². The van der Waals surface area contributed by atoms with Crippen molar-refractivity contribution in [3.8, 4) is 0 Å². The van der Waals surface area contributed by atoms with Gasteiger partial charge in [-0.05, 0) is 58.7 Å². The lowest BCUT2D eigenvalue weighted by Gasteiger charge is -2.16. The minimum atomic E-state index is -0.173. The van der Waals surface area contributed by atoms with Gasteiger partial charge < -0.3 is 10.6 Å². The highest BCUT2D eigenvalue weighted by atomic mass is 79.9. The van der Waals surface area contributed by atoms with Crippen LogP contribution in [0.3, 0.4) is 0 Å². The third-order valence-electron chi connectivity index (χ3n) is 3.84. The number of anilines is 2. The fourth-order valence-corrected chi connectivity index (χ4v) is 2.83. The first-order chi connectivity index (χ1) is 12.3. The minimum Gasteiger partial charge on any atom is -0.325 e. The molecule has 0 bridgehead atoms. The second-order valence-corrected chi connectivity index (χ2v) is 7.38. The maximum atomic E-state index is 12.1. The molecule has 0 spiro atoms. The van der Waals surface area contributed by atoms with Crippen LogP contribution < -0.4 is 10.6 Å². The fourth-order valence-electron chi connectivity index (χ4n) is 2.45. The summed E-state index contributed by atoms with van der Waals surface area (Å²) < 4.78 is 0.818. The van der Waals surface area contributed by atoms with Gasteiger partial charge in [-0.1, -0.05) is 38.1 Å². The Morgan fingerprint density at radius 2 is 1.54 bits per heavy atom. The van der Waals surface area contributed by atoms with E-state index in [0.29, 0.717) is 11.6 Å². The molecule has 0 saturated carbocycles. The van der Waals surface area contributed by atoms with Crippen LogP contribution in [-0.4, -0.2) is 36.9 Å². The zero-order valence-electron chi connectivity index (χ0n) is 15.3. The Kier molecular flexibility index (Phi) is 7.36. The number of carbonyl (C=O) groups is 2. The van der Waals surface area contributed by atoms with Crippen molar-refractivity contribution in [3.63, 3.8) is 0 Å². The Morgan fingerprint density at radius 3 is 2.12 bits per heavy atom. The van der Waals surface area contributed by atoms with Gasteiger partial charge in [0.15, 0.2) is 0 Å². The van der Waals surface area contributed by atoms with E-state index in [1.54, 1.807) is 11.9 Å². The van der Waals surface area contributed by atoms with Gasteiger partial charge in [0.1, 0.15) is 0 Å². The number of benzene rings is 2. The first-order valence-electron chi connectivity index (χ1n) is 8.48. The summed E-state index contributed by atoms with van der Waals surface area (Å²) in [5.74, 6) is 0.126. The number of carbonyl (C=O) groups excluding carboxylic acids is 2. The summed E-state index contributed by atoms with van der Waals surface area (Å²) in [7, 11) is 1.74. The Bertz CT molecular complexity index is 760. The Labute approximate surface area is 162 Å². The van der Waals surface area contributed by atoms with Crippen molar-refractivity contribution in [3.05, 3.63) is 58.6 Å². The molecule has 0 atom stereocenters. The number of nitrogens with one attached hydrogen (secondary N) is 2. The van der Waals surface area contributed by atoms with Gasteiger partial charge in [-0.2, -0.15) is 0 Å². The van der Waals surface area contributed by atoms with E-state index < -0.39 is 0 Å². The van der Waals surface area contributed by atoms with Gasteiger partial charge in [0.25, 0.3) is 0 Å². The average molecular weight is 418 g/mol. The smallest absolute Gasteiger partial charge is 0.238 e. The van der Waals surface area contributed by atoms with E-state index in [4.69, 9.17) is 0 Å². The molecule has 0 aliphatic rings. The zero-order chi connectivity index (χ0) is 19.1. The lowest BCUT2D eigenvalue weighted by molar-refractivity contribution is -0.119. The fraction of sp³-hybridized carbons (Fsp3) is 0.300. The van der Waals surface area contributed by atoms with Crippen molar-refractivity contribution in [1.29, 1.82) is 0 Å². The summed E-state index contributed by atoms with van der Waals surface area (Å²) >= 11 is 3.39. The number of halogens is 1. The normalized spacial score (nSPS) is 10.8. The maximum Gasteiger partial charge on any atom is 0.238 e. The van der Waals surface area contributed by atoms with Crippen molar-refractivity contribution in [2.75, 3.05) is 30.8 Å². The molecule has 2 amide bonds. The Hall–Kier alpha value is -2.18. The SMILES string of the molecule is CC(C)c1ccc(NC(=O)CN(C)CC(=O)Nc2ccccc2Br)cc1. The van der Waals surface area contributed by atoms with E-state index in [1.807, 2.05) is 48.5 Å². The summed E-state index contributed by atoms with van der Waals surface area (Å²) in [5, 5.41) is 5.67. The molecule has 5 nitrogen and oxygen atoms in total. The maximum absolute atomic E-state index is 12.1. The summed E-state index contributed by atoms with van der Waals surface area (Å²) in [4.78, 5) is 25.9. The number of nitrogens with zero attached hydrogens (tertiary/aromatic N) is 1. The second-order valence-electron chi connectivity index (χ2n) is 6.53. The molecule has 2 N–H and O–H groups in total. The molecule has 0 unspecified atom stereocenters. The monoisotopic (exact) mass is 417 g/mol. The van der Waals surface area contributed by atoms with Gasteiger partial charge in [0.05, 0.1) is 18.8 Å². The molecule has 2 rings (SSSR count). The van der Waals surface area contributed by atoms with Crippen LogP contribution in [0.1, 0.15) is 25.3 Å². The summed E-state index contributed by atoms with van der Waals surface area (Å²) in [6.45, 7) is 4.51. The molecule has 0 fully saturated rings. The standard InChI is InChI=1S/C20H24BrN3O2/c1-14(2)15-8-10-16(11-9-15)22-19(25)12-24(3)13-20(26)23-18-7-5-4-6-17(18)21/h4-11,14H,12-13H2,1-3H3,(H,22,25)(H,23,26). The molecule has 0 aromatic heterocycles. The predicted molar refractivity (Wildman–Crippen MR) is 109 cm³/mol. The van der Waals surface area contributed by atoms with Crippen LogP contribution in [0.2, 0.25) is 0 Å². The number of likely N-dealkylation sites (N-methyl/N-ethyl adjacent to an activating group) is 1. The molecule has 0 aliphatic heterocycles. The van der Waals surface area contributed by atoms with E-state index in [-0.39, 0.29) is 24.9 Å². The van der Waals surface area contributed by atoms with E-state index in [0.717, 1.165) is 10.2 Å². The number of hydrogen-bond acceptors (Lipinski definition) is 3. The van der Waals surface area contributed by atoms with Crippen molar-refractivity contribution < 1.29 is 9.59 Å². The highest BCUT2D eigenvalue weighted by molar-refractivity contribution is 9.10. The molecule has 0 radical (unpaired) electrons. The molecule has 0 aliphatic carbocycles. The van der Waals surface area contributed by atoms with Gasteiger partial charge in [0, 0.05) is 10.2 Å².